The summed E-state index contributed by atoms with van der Waals surface area (Å²) in [6.45, 7) is 0. The lowest BCUT2D eigenvalue weighted by Gasteiger charge is -2.22. The third-order valence-electron chi connectivity index (χ3n) is 0.664. The average molecular weight is 152 g/mol. The van der Waals surface area contributed by atoms with E-state index in [4.69, 9.17) is 11.1 Å². The van der Waals surface area contributed by atoms with Gasteiger partial charge in [-0.25, -0.2) is 8.37 Å². The van der Waals surface area contributed by atoms with E-state index in [2.05, 4.69) is 8.37 Å². The molecule has 9 heavy (non-hydrogen) atoms. The predicted octanol–water partition coefficient (Wildman–Crippen LogP) is -1.46. The molecule has 0 aliphatic carbocycles. The van der Waals surface area contributed by atoms with Crippen molar-refractivity contribution in [2.24, 2.45) is 5.73 Å². The second-order valence-electron chi connectivity index (χ2n) is 1.39. The summed E-state index contributed by atoms with van der Waals surface area (Å²) in [6.07, 6.45) is -1.20. The average Bonchev–Trinajstić information content (AvgIpc) is 1.59. The van der Waals surface area contributed by atoms with Gasteiger partial charge in [-0.2, -0.15) is 8.42 Å². The summed E-state index contributed by atoms with van der Waals surface area (Å²) in [5.41, 5.74) is 4.79. The van der Waals surface area contributed by atoms with Crippen molar-refractivity contribution in [2.75, 3.05) is 0 Å². The first-order valence-electron chi connectivity index (χ1n) is 1.97. The van der Waals surface area contributed by atoms with Gasteiger partial charge in [0.25, 0.3) is 6.29 Å². The van der Waals surface area contributed by atoms with E-state index in [0.29, 0.717) is 0 Å². The van der Waals surface area contributed by atoms with Gasteiger partial charge in [-0.3, -0.25) is 5.41 Å². The molecule has 1 fully saturated rings. The van der Waals surface area contributed by atoms with Crippen molar-refractivity contribution >= 4 is 16.2 Å². The van der Waals surface area contributed by atoms with Gasteiger partial charge in [-0.15, -0.1) is 0 Å². The number of nitrogens with one attached hydrogen (secondary N) is 1. The van der Waals surface area contributed by atoms with Crippen molar-refractivity contribution in [3.05, 3.63) is 0 Å². The van der Waals surface area contributed by atoms with Crippen LogP contribution in [0.1, 0.15) is 0 Å². The van der Waals surface area contributed by atoms with E-state index >= 15 is 0 Å². The molecule has 0 spiro atoms. The topological polar surface area (TPSA) is 102 Å². The van der Waals surface area contributed by atoms with Crippen LogP contribution in [0.15, 0.2) is 0 Å². The number of hydrogen-bond donors (Lipinski definition) is 2. The molecule has 7 heteroatoms. The zero-order valence-electron chi connectivity index (χ0n) is 4.20. The lowest BCUT2D eigenvalue weighted by atomic mass is 10.6. The highest BCUT2D eigenvalue weighted by molar-refractivity contribution is 7.82. The van der Waals surface area contributed by atoms with Crippen LogP contribution in [-0.2, 0) is 18.8 Å². The van der Waals surface area contributed by atoms with Crippen LogP contribution in [0.3, 0.4) is 0 Å². The lowest BCUT2D eigenvalue weighted by molar-refractivity contribution is -0.0288. The fourth-order valence-corrected chi connectivity index (χ4v) is 0.975. The van der Waals surface area contributed by atoms with Crippen LogP contribution in [0, 0.1) is 5.41 Å². The number of amidine groups is 1. The molecule has 1 heterocycles. The van der Waals surface area contributed by atoms with E-state index in [-0.39, 0.29) is 0 Å². The van der Waals surface area contributed by atoms with Crippen molar-refractivity contribution in [2.45, 2.75) is 6.29 Å². The van der Waals surface area contributed by atoms with Gasteiger partial charge in [-0.05, 0) is 0 Å². The molecular formula is C2H4N2O4S. The largest absolute Gasteiger partial charge is 0.405 e. The minimum atomic E-state index is -3.80. The van der Waals surface area contributed by atoms with Crippen LogP contribution in [0.25, 0.3) is 0 Å². The summed E-state index contributed by atoms with van der Waals surface area (Å²) in [5.74, 6) is -0.454. The Morgan fingerprint density at radius 1 is 1.56 bits per heavy atom. The molecule has 0 saturated carbocycles. The Morgan fingerprint density at radius 2 is 2.00 bits per heavy atom. The van der Waals surface area contributed by atoms with Gasteiger partial charge in [0.05, 0.1) is 0 Å². The van der Waals surface area contributed by atoms with E-state index < -0.39 is 22.5 Å². The van der Waals surface area contributed by atoms with Crippen molar-refractivity contribution < 1.29 is 16.8 Å². The number of nitrogens with two attached hydrogens (primary N) is 1. The highest BCUT2D eigenvalue weighted by Crippen LogP contribution is 2.16. The van der Waals surface area contributed by atoms with E-state index in [1.807, 2.05) is 0 Å². The minimum Gasteiger partial charge on any atom is -0.383 e. The third kappa shape index (κ3) is 1.18. The molecule has 1 rings (SSSR count). The van der Waals surface area contributed by atoms with Gasteiger partial charge in [0, 0.05) is 0 Å². The second kappa shape index (κ2) is 1.66. The summed E-state index contributed by atoms with van der Waals surface area (Å²) in [7, 11) is -3.80. The first-order chi connectivity index (χ1) is 4.01. The van der Waals surface area contributed by atoms with E-state index in [1.165, 1.54) is 0 Å². The van der Waals surface area contributed by atoms with Crippen LogP contribution < -0.4 is 5.73 Å². The number of rotatable bonds is 1. The highest BCUT2D eigenvalue weighted by Gasteiger charge is 2.38. The predicted molar refractivity (Wildman–Crippen MR) is 26.8 cm³/mol. The zero-order chi connectivity index (χ0) is 7.07. The third-order valence-corrected chi connectivity index (χ3v) is 1.49. The normalized spacial score (nSPS) is 24.9. The Bertz CT molecular complexity index is 219. The summed E-state index contributed by atoms with van der Waals surface area (Å²) >= 11 is 0. The highest BCUT2D eigenvalue weighted by atomic mass is 32.3. The maximum atomic E-state index is 10.0. The van der Waals surface area contributed by atoms with Crippen molar-refractivity contribution in [3.8, 4) is 0 Å². The van der Waals surface area contributed by atoms with Crippen LogP contribution in [0.5, 0.6) is 0 Å². The fraction of sp³-hybridized carbons (Fsp3) is 0.500. The standard InChI is InChI=1S/C2H4N2O4S/c3-1(4)2-7-9(5,6)8-2/h2H,(H3,3,4). The van der Waals surface area contributed by atoms with Gasteiger partial charge in [0.1, 0.15) is 0 Å². The molecule has 52 valence electrons. The first kappa shape index (κ1) is 6.46. The fourth-order valence-electron chi connectivity index (χ4n) is 0.325. The van der Waals surface area contributed by atoms with Crippen molar-refractivity contribution in [1.29, 1.82) is 5.41 Å². The Morgan fingerprint density at radius 3 is 2.11 bits per heavy atom. The SMILES string of the molecule is N=C(N)C1OS(=O)(=O)O1. The minimum absolute atomic E-state index is 0.454. The Hall–Kier alpha value is -0.660. The zero-order valence-corrected chi connectivity index (χ0v) is 5.01. The molecule has 3 N–H and O–H groups in total. The molecule has 1 aliphatic rings. The van der Waals surface area contributed by atoms with Gasteiger partial charge < -0.3 is 5.73 Å². The van der Waals surface area contributed by atoms with Gasteiger partial charge in [0.15, 0.2) is 5.84 Å². The van der Waals surface area contributed by atoms with Crippen molar-refractivity contribution in [1.82, 2.24) is 0 Å². The molecule has 0 aromatic carbocycles. The summed E-state index contributed by atoms with van der Waals surface area (Å²) in [5, 5.41) is 6.59. The molecule has 0 aromatic heterocycles. The molecule has 1 aliphatic heterocycles. The Kier molecular flexibility index (Phi) is 1.19. The van der Waals surface area contributed by atoms with Gasteiger partial charge in [-0.1, -0.05) is 0 Å². The lowest BCUT2D eigenvalue weighted by Crippen LogP contribution is -2.45. The van der Waals surface area contributed by atoms with Crippen LogP contribution in [0.2, 0.25) is 0 Å². The smallest absolute Gasteiger partial charge is 0.383 e. The molecular weight excluding hydrogens is 148 g/mol. The van der Waals surface area contributed by atoms with Crippen molar-refractivity contribution in [3.63, 3.8) is 0 Å². The molecule has 0 bridgehead atoms. The van der Waals surface area contributed by atoms with E-state index in [0.717, 1.165) is 0 Å². The molecule has 0 aromatic rings. The maximum Gasteiger partial charge on any atom is 0.405 e. The molecule has 0 amide bonds. The molecule has 0 atom stereocenters. The second-order valence-corrected chi connectivity index (χ2v) is 2.59. The van der Waals surface area contributed by atoms with Gasteiger partial charge in [0.2, 0.25) is 0 Å². The molecule has 6 nitrogen and oxygen atoms in total. The maximum absolute atomic E-state index is 10.0. The van der Waals surface area contributed by atoms with E-state index in [9.17, 15) is 8.42 Å². The quantitative estimate of drug-likeness (QED) is 0.353. The summed E-state index contributed by atoms with van der Waals surface area (Å²) in [6, 6.07) is 0. The Balaban J connectivity index is 2.55. The summed E-state index contributed by atoms with van der Waals surface area (Å²) < 4.78 is 28.0. The molecule has 0 unspecified atom stereocenters. The molecule has 1 saturated heterocycles. The first-order valence-corrected chi connectivity index (χ1v) is 3.30. The Labute approximate surface area is 51.4 Å². The van der Waals surface area contributed by atoms with Crippen LogP contribution in [-0.4, -0.2) is 20.5 Å². The molecule has 0 radical (unpaired) electrons. The van der Waals surface area contributed by atoms with Crippen LogP contribution in [0.4, 0.5) is 0 Å². The number of hydrogen-bond acceptors (Lipinski definition) is 5. The van der Waals surface area contributed by atoms with E-state index in [1.54, 1.807) is 0 Å². The van der Waals surface area contributed by atoms with Gasteiger partial charge >= 0.3 is 10.4 Å². The van der Waals surface area contributed by atoms with Crippen LogP contribution >= 0.6 is 0 Å². The summed E-state index contributed by atoms with van der Waals surface area (Å²) in [4.78, 5) is 0. The monoisotopic (exact) mass is 152 g/mol.